The van der Waals surface area contributed by atoms with Crippen LogP contribution >= 0.6 is 22.9 Å². The lowest BCUT2D eigenvalue weighted by Gasteiger charge is -2.06. The zero-order valence-corrected chi connectivity index (χ0v) is 16.1. The van der Waals surface area contributed by atoms with Crippen molar-refractivity contribution in [3.05, 3.63) is 65.2 Å². The molecule has 0 saturated heterocycles. The van der Waals surface area contributed by atoms with E-state index in [1.165, 1.54) is 23.5 Å². The molecule has 3 N–H and O–H groups in total. The Balaban J connectivity index is 1.94. The Bertz CT molecular complexity index is 1060. The Kier molecular flexibility index (Phi) is 5.04. The number of carbonyl (C=O) groups excluding carboxylic acids is 1. The van der Waals surface area contributed by atoms with E-state index in [0.717, 1.165) is 16.7 Å². The van der Waals surface area contributed by atoms with Gasteiger partial charge in [-0.05, 0) is 48.0 Å². The molecule has 0 fully saturated rings. The van der Waals surface area contributed by atoms with Crippen LogP contribution in [0, 0.1) is 0 Å². The Morgan fingerprint density at radius 1 is 1.08 bits per heavy atom. The molecule has 8 heteroatoms. The van der Waals surface area contributed by atoms with Gasteiger partial charge in [-0.25, -0.2) is 8.42 Å². The summed E-state index contributed by atoms with van der Waals surface area (Å²) in [7, 11) is -3.26. The number of hydrogen-bond donors (Lipinski definition) is 2. The van der Waals surface area contributed by atoms with Crippen molar-refractivity contribution in [2.75, 3.05) is 11.6 Å². The van der Waals surface area contributed by atoms with E-state index in [2.05, 4.69) is 5.32 Å². The fourth-order valence-corrected chi connectivity index (χ4v) is 4.19. The molecule has 5 nitrogen and oxygen atoms in total. The summed E-state index contributed by atoms with van der Waals surface area (Å²) in [5, 5.41) is 4.35. The second kappa shape index (κ2) is 7.11. The quantitative estimate of drug-likeness (QED) is 0.660. The van der Waals surface area contributed by atoms with Crippen molar-refractivity contribution < 1.29 is 13.2 Å². The van der Waals surface area contributed by atoms with Crippen LogP contribution in [-0.2, 0) is 9.84 Å². The van der Waals surface area contributed by atoms with Crippen molar-refractivity contribution in [2.24, 2.45) is 5.73 Å². The zero-order valence-electron chi connectivity index (χ0n) is 13.7. The van der Waals surface area contributed by atoms with Gasteiger partial charge < -0.3 is 11.1 Å². The van der Waals surface area contributed by atoms with E-state index in [0.29, 0.717) is 21.3 Å². The van der Waals surface area contributed by atoms with Crippen molar-refractivity contribution in [1.82, 2.24) is 0 Å². The molecule has 2 aromatic carbocycles. The molecule has 3 aromatic rings. The van der Waals surface area contributed by atoms with Crippen molar-refractivity contribution in [2.45, 2.75) is 4.90 Å². The molecule has 1 amide bonds. The predicted octanol–water partition coefficient (Wildman–Crippen LogP) is 4.31. The molecule has 1 aromatic heterocycles. The average molecular weight is 407 g/mol. The van der Waals surface area contributed by atoms with E-state index in [4.69, 9.17) is 17.3 Å². The van der Waals surface area contributed by atoms with E-state index < -0.39 is 15.7 Å². The summed E-state index contributed by atoms with van der Waals surface area (Å²) in [5.41, 5.74) is 7.44. The van der Waals surface area contributed by atoms with Crippen LogP contribution in [0.25, 0.3) is 10.4 Å². The van der Waals surface area contributed by atoms with E-state index in [9.17, 15) is 13.2 Å². The smallest absolute Gasteiger partial charge is 0.251 e. The van der Waals surface area contributed by atoms with Crippen LogP contribution in [0.3, 0.4) is 0 Å². The lowest BCUT2D eigenvalue weighted by atomic mass is 10.1. The van der Waals surface area contributed by atoms with Crippen molar-refractivity contribution >= 4 is 49.4 Å². The van der Waals surface area contributed by atoms with Gasteiger partial charge in [-0.3, -0.25) is 4.79 Å². The minimum absolute atomic E-state index is 0.228. The number of sulfone groups is 1. The summed E-state index contributed by atoms with van der Waals surface area (Å²) in [5.74, 6) is -0.545. The highest BCUT2D eigenvalue weighted by Crippen LogP contribution is 2.37. The van der Waals surface area contributed by atoms with Crippen LogP contribution in [-0.4, -0.2) is 20.6 Å². The van der Waals surface area contributed by atoms with Gasteiger partial charge >= 0.3 is 0 Å². The highest BCUT2D eigenvalue weighted by Gasteiger charge is 2.15. The normalized spacial score (nSPS) is 11.3. The molecule has 3 rings (SSSR count). The maximum atomic E-state index is 11.8. The molecule has 0 unspecified atom stereocenters. The van der Waals surface area contributed by atoms with Crippen molar-refractivity contribution in [3.63, 3.8) is 0 Å². The topological polar surface area (TPSA) is 89.3 Å². The molecule has 26 heavy (non-hydrogen) atoms. The van der Waals surface area contributed by atoms with Crippen LogP contribution in [0.4, 0.5) is 10.7 Å². The second-order valence-electron chi connectivity index (χ2n) is 5.65. The fourth-order valence-electron chi connectivity index (χ4n) is 2.34. The van der Waals surface area contributed by atoms with Gasteiger partial charge in [-0.2, -0.15) is 0 Å². The first kappa shape index (κ1) is 18.4. The third-order valence-corrected chi connectivity index (χ3v) is 6.15. The molecule has 0 aliphatic rings. The van der Waals surface area contributed by atoms with Crippen LogP contribution in [0.5, 0.6) is 0 Å². The van der Waals surface area contributed by atoms with Gasteiger partial charge in [0.25, 0.3) is 5.91 Å². The number of rotatable bonds is 5. The monoisotopic (exact) mass is 406 g/mol. The van der Waals surface area contributed by atoms with Gasteiger partial charge in [0.15, 0.2) is 9.84 Å². The molecular formula is C18H15ClN2O3S2. The van der Waals surface area contributed by atoms with Crippen molar-refractivity contribution in [1.29, 1.82) is 0 Å². The number of anilines is 2. The minimum atomic E-state index is -3.26. The number of carbonyl (C=O) groups is 1. The Hall–Kier alpha value is -2.35. The number of thiophene rings is 1. The number of benzene rings is 2. The number of hydrogen-bond acceptors (Lipinski definition) is 5. The van der Waals surface area contributed by atoms with E-state index in [-0.39, 0.29) is 4.90 Å². The molecular weight excluding hydrogens is 392 g/mol. The van der Waals surface area contributed by atoms with Gasteiger partial charge in [-0.15, -0.1) is 11.3 Å². The molecule has 0 bridgehead atoms. The number of nitrogens with one attached hydrogen (secondary N) is 1. The number of primary amides is 1. The highest BCUT2D eigenvalue weighted by atomic mass is 35.5. The van der Waals surface area contributed by atoms with Crippen LogP contribution < -0.4 is 11.1 Å². The zero-order chi connectivity index (χ0) is 18.9. The maximum absolute atomic E-state index is 11.8. The standard InChI is InChI=1S/C18H15ClN2O3S2/c1-26(23,24)14-8-6-13(7-9-14)21-18-15(17(20)22)10-16(25-18)11-2-4-12(19)5-3-11/h2-10,21H,1H3,(H2,20,22). The molecule has 0 saturated carbocycles. The van der Waals surface area contributed by atoms with Gasteiger partial charge in [0.2, 0.25) is 0 Å². The molecule has 134 valence electrons. The first-order chi connectivity index (χ1) is 12.2. The third-order valence-electron chi connectivity index (χ3n) is 3.67. The summed E-state index contributed by atoms with van der Waals surface area (Å²) in [6.07, 6.45) is 1.15. The third kappa shape index (κ3) is 4.07. The summed E-state index contributed by atoms with van der Waals surface area (Å²) >= 11 is 7.29. The summed E-state index contributed by atoms with van der Waals surface area (Å²) in [4.78, 5) is 12.9. The van der Waals surface area contributed by atoms with Crippen LogP contribution in [0.15, 0.2) is 59.5 Å². The van der Waals surface area contributed by atoms with Gasteiger partial charge in [0.1, 0.15) is 5.00 Å². The first-order valence-electron chi connectivity index (χ1n) is 7.51. The number of halogens is 1. The van der Waals surface area contributed by atoms with E-state index in [1.54, 1.807) is 30.3 Å². The SMILES string of the molecule is CS(=O)(=O)c1ccc(Nc2sc(-c3ccc(Cl)cc3)cc2C(N)=O)cc1. The lowest BCUT2D eigenvalue weighted by Crippen LogP contribution is -2.11. The van der Waals surface area contributed by atoms with Crippen molar-refractivity contribution in [3.8, 4) is 10.4 Å². The number of nitrogens with two attached hydrogens (primary N) is 1. The lowest BCUT2D eigenvalue weighted by molar-refractivity contribution is 0.100. The molecule has 1 heterocycles. The van der Waals surface area contributed by atoms with Gasteiger partial charge in [0, 0.05) is 21.8 Å². The second-order valence-corrected chi connectivity index (χ2v) is 9.15. The predicted molar refractivity (Wildman–Crippen MR) is 106 cm³/mol. The average Bonchev–Trinajstić information content (AvgIpc) is 2.99. The summed E-state index contributed by atoms with van der Waals surface area (Å²) in [6, 6.07) is 15.3. The largest absolute Gasteiger partial charge is 0.366 e. The Morgan fingerprint density at radius 2 is 1.69 bits per heavy atom. The fraction of sp³-hybridized carbons (Fsp3) is 0.0556. The molecule has 0 aliphatic carbocycles. The number of amides is 1. The minimum Gasteiger partial charge on any atom is -0.366 e. The maximum Gasteiger partial charge on any atom is 0.251 e. The Labute approximate surface area is 160 Å². The molecule has 0 radical (unpaired) electrons. The molecule has 0 aliphatic heterocycles. The molecule has 0 atom stereocenters. The first-order valence-corrected chi connectivity index (χ1v) is 10.6. The van der Waals surface area contributed by atoms with E-state index >= 15 is 0 Å². The van der Waals surface area contributed by atoms with Gasteiger partial charge in [0.05, 0.1) is 10.5 Å². The van der Waals surface area contributed by atoms with Crippen LogP contribution in [0.1, 0.15) is 10.4 Å². The highest BCUT2D eigenvalue weighted by molar-refractivity contribution is 7.90. The van der Waals surface area contributed by atoms with Gasteiger partial charge in [-0.1, -0.05) is 23.7 Å². The Morgan fingerprint density at radius 3 is 2.23 bits per heavy atom. The summed E-state index contributed by atoms with van der Waals surface area (Å²) < 4.78 is 23.1. The summed E-state index contributed by atoms with van der Waals surface area (Å²) in [6.45, 7) is 0. The van der Waals surface area contributed by atoms with E-state index in [1.807, 2.05) is 12.1 Å². The van der Waals surface area contributed by atoms with Crippen LogP contribution in [0.2, 0.25) is 5.02 Å². The molecule has 0 spiro atoms.